The van der Waals surface area contributed by atoms with E-state index in [0.29, 0.717) is 41.5 Å². The maximum atomic E-state index is 13.3. The van der Waals surface area contributed by atoms with E-state index in [0.717, 1.165) is 22.2 Å². The van der Waals surface area contributed by atoms with Crippen molar-refractivity contribution in [3.63, 3.8) is 0 Å². The minimum Gasteiger partial charge on any atom is -0.350 e. The second-order valence-electron chi connectivity index (χ2n) is 8.64. The largest absolute Gasteiger partial charge is 0.350 e. The van der Waals surface area contributed by atoms with Crippen molar-refractivity contribution in [2.45, 2.75) is 13.0 Å². The fraction of sp³-hybridized carbons (Fsp3) is 0.100. The molecule has 0 atom stereocenters. The van der Waals surface area contributed by atoms with Gasteiger partial charge in [0.2, 0.25) is 0 Å². The third-order valence-electron chi connectivity index (χ3n) is 6.09. The fourth-order valence-electron chi connectivity index (χ4n) is 4.26. The van der Waals surface area contributed by atoms with E-state index >= 15 is 0 Å². The molecule has 2 N–H and O–H groups in total. The highest BCUT2D eigenvalue weighted by Gasteiger charge is 2.17. The quantitative estimate of drug-likeness (QED) is 0.271. The Labute approximate surface area is 219 Å². The predicted octanol–water partition coefficient (Wildman–Crippen LogP) is 5.96. The van der Waals surface area contributed by atoms with Crippen LogP contribution < -0.4 is 10.6 Å². The molecular weight excluding hydrogens is 484 g/mol. The molecule has 0 radical (unpaired) electrons. The third kappa shape index (κ3) is 5.71. The summed E-state index contributed by atoms with van der Waals surface area (Å²) >= 11 is 6.18. The number of nitrogens with zero attached hydrogens (tertiary/aromatic N) is 2. The van der Waals surface area contributed by atoms with Crippen LogP contribution in [-0.2, 0) is 13.0 Å². The summed E-state index contributed by atoms with van der Waals surface area (Å²) in [5.41, 5.74) is 4.48. The summed E-state index contributed by atoms with van der Waals surface area (Å²) in [7, 11) is 0. The first-order chi connectivity index (χ1) is 18.1. The Hall–Kier alpha value is -4.42. The summed E-state index contributed by atoms with van der Waals surface area (Å²) in [5, 5.41) is 7.17. The van der Waals surface area contributed by atoms with Gasteiger partial charge in [0.05, 0.1) is 10.6 Å². The van der Waals surface area contributed by atoms with E-state index in [1.165, 1.54) is 0 Å². The van der Waals surface area contributed by atoms with Crippen molar-refractivity contribution in [3.8, 4) is 0 Å². The number of fused-ring (bicyclic) bond motifs is 1. The maximum Gasteiger partial charge on any atom is 0.267 e. The number of pyridine rings is 1. The standard InChI is InChI=1S/C30H25ClN4O2/c31-26-12-5-4-11-25(26)29(36)34-24-13-14-27-22(18-24)19-28(35(27)20-21-8-2-1-3-9-21)30(37)33-17-15-23-10-6-7-16-32-23/h1-14,16,18-19H,15,17,20H2,(H,33,37)(H,34,36). The fourth-order valence-corrected chi connectivity index (χ4v) is 4.48. The first-order valence-corrected chi connectivity index (χ1v) is 12.4. The molecule has 0 fully saturated rings. The van der Waals surface area contributed by atoms with Crippen LogP contribution in [0.25, 0.3) is 10.9 Å². The highest BCUT2D eigenvalue weighted by Crippen LogP contribution is 2.26. The van der Waals surface area contributed by atoms with Gasteiger partial charge in [-0.2, -0.15) is 0 Å². The lowest BCUT2D eigenvalue weighted by molar-refractivity contribution is 0.0945. The molecule has 2 heterocycles. The first-order valence-electron chi connectivity index (χ1n) is 12.0. The molecular formula is C30H25ClN4O2. The van der Waals surface area contributed by atoms with Gasteiger partial charge in [-0.25, -0.2) is 0 Å². The van der Waals surface area contributed by atoms with Crippen LogP contribution in [0.2, 0.25) is 5.02 Å². The Bertz CT molecular complexity index is 1550. The van der Waals surface area contributed by atoms with Gasteiger partial charge in [-0.3, -0.25) is 14.6 Å². The van der Waals surface area contributed by atoms with E-state index in [9.17, 15) is 9.59 Å². The van der Waals surface area contributed by atoms with Crippen molar-refractivity contribution in [2.24, 2.45) is 0 Å². The number of hydrogen-bond acceptors (Lipinski definition) is 3. The van der Waals surface area contributed by atoms with Gasteiger partial charge >= 0.3 is 0 Å². The van der Waals surface area contributed by atoms with Crippen molar-refractivity contribution < 1.29 is 9.59 Å². The Balaban J connectivity index is 1.42. The van der Waals surface area contributed by atoms with E-state index < -0.39 is 0 Å². The van der Waals surface area contributed by atoms with Gasteiger partial charge in [-0.05, 0) is 54.1 Å². The summed E-state index contributed by atoms with van der Waals surface area (Å²) < 4.78 is 2.00. The predicted molar refractivity (Wildman–Crippen MR) is 147 cm³/mol. The van der Waals surface area contributed by atoms with Gasteiger partial charge in [-0.1, -0.05) is 60.1 Å². The van der Waals surface area contributed by atoms with Crippen LogP contribution in [0.1, 0.15) is 32.1 Å². The molecule has 5 aromatic rings. The van der Waals surface area contributed by atoms with Gasteiger partial charge in [0.1, 0.15) is 5.69 Å². The van der Waals surface area contributed by atoms with Crippen molar-refractivity contribution in [1.82, 2.24) is 14.9 Å². The smallest absolute Gasteiger partial charge is 0.267 e. The normalized spacial score (nSPS) is 10.8. The number of amides is 2. The minimum atomic E-state index is -0.291. The first kappa shape index (κ1) is 24.3. The molecule has 6 nitrogen and oxygen atoms in total. The molecule has 0 bridgehead atoms. The Kier molecular flexibility index (Phi) is 7.28. The van der Waals surface area contributed by atoms with Crippen LogP contribution in [0.5, 0.6) is 0 Å². The summed E-state index contributed by atoms with van der Waals surface area (Å²) in [6.45, 7) is 1.01. The van der Waals surface area contributed by atoms with Gasteiger partial charge < -0.3 is 15.2 Å². The van der Waals surface area contributed by atoms with Crippen LogP contribution in [0, 0.1) is 0 Å². The molecule has 0 unspecified atom stereocenters. The lowest BCUT2D eigenvalue weighted by atomic mass is 10.2. The topological polar surface area (TPSA) is 76.0 Å². The van der Waals surface area contributed by atoms with Crippen LogP contribution >= 0.6 is 11.6 Å². The molecule has 0 spiro atoms. The van der Waals surface area contributed by atoms with Gasteiger partial charge in [0.15, 0.2) is 0 Å². The van der Waals surface area contributed by atoms with Gasteiger partial charge in [-0.15, -0.1) is 0 Å². The molecule has 3 aromatic carbocycles. The Morgan fingerprint density at radius 2 is 1.62 bits per heavy atom. The van der Waals surface area contributed by atoms with Crippen molar-refractivity contribution in [2.75, 3.05) is 11.9 Å². The second-order valence-corrected chi connectivity index (χ2v) is 9.04. The molecule has 184 valence electrons. The number of nitrogens with one attached hydrogen (secondary N) is 2. The Morgan fingerprint density at radius 1 is 0.838 bits per heavy atom. The zero-order chi connectivity index (χ0) is 25.6. The summed E-state index contributed by atoms with van der Waals surface area (Å²) in [6, 6.07) is 30.2. The molecule has 2 amide bonds. The summed E-state index contributed by atoms with van der Waals surface area (Å²) in [6.07, 6.45) is 2.39. The number of carbonyl (C=O) groups is 2. The average Bonchev–Trinajstić information content (AvgIpc) is 3.27. The lowest BCUT2D eigenvalue weighted by Crippen LogP contribution is -2.28. The molecule has 0 saturated heterocycles. The zero-order valence-electron chi connectivity index (χ0n) is 20.0. The van der Waals surface area contributed by atoms with Crippen molar-refractivity contribution in [3.05, 3.63) is 131 Å². The van der Waals surface area contributed by atoms with E-state index in [2.05, 4.69) is 15.6 Å². The van der Waals surface area contributed by atoms with E-state index in [-0.39, 0.29) is 11.8 Å². The van der Waals surface area contributed by atoms with Crippen LogP contribution in [0.15, 0.2) is 103 Å². The van der Waals surface area contributed by atoms with E-state index in [1.807, 2.05) is 77.4 Å². The molecule has 5 rings (SSSR count). The average molecular weight is 509 g/mol. The number of aromatic nitrogens is 2. The van der Waals surface area contributed by atoms with E-state index in [4.69, 9.17) is 11.6 Å². The Morgan fingerprint density at radius 3 is 2.41 bits per heavy atom. The molecule has 0 aliphatic rings. The van der Waals surface area contributed by atoms with Crippen LogP contribution in [0.4, 0.5) is 5.69 Å². The van der Waals surface area contributed by atoms with Gasteiger partial charge in [0.25, 0.3) is 11.8 Å². The zero-order valence-corrected chi connectivity index (χ0v) is 20.8. The number of anilines is 1. The van der Waals surface area contributed by atoms with Gasteiger partial charge in [0, 0.05) is 48.0 Å². The molecule has 0 aliphatic heterocycles. The number of benzene rings is 3. The van der Waals surface area contributed by atoms with Crippen LogP contribution in [-0.4, -0.2) is 27.9 Å². The molecule has 0 saturated carbocycles. The number of halogens is 1. The summed E-state index contributed by atoms with van der Waals surface area (Å²) in [5.74, 6) is -0.453. The molecule has 2 aromatic heterocycles. The van der Waals surface area contributed by atoms with Crippen molar-refractivity contribution >= 4 is 40.0 Å². The molecule has 0 aliphatic carbocycles. The molecule has 37 heavy (non-hydrogen) atoms. The SMILES string of the molecule is O=C(Nc1ccc2c(c1)cc(C(=O)NCCc1ccccn1)n2Cc1ccccc1)c1ccccc1Cl. The molecule has 7 heteroatoms. The van der Waals surface area contributed by atoms with Crippen molar-refractivity contribution in [1.29, 1.82) is 0 Å². The third-order valence-corrected chi connectivity index (χ3v) is 6.42. The number of carbonyl (C=O) groups excluding carboxylic acids is 2. The maximum absolute atomic E-state index is 13.3. The highest BCUT2D eigenvalue weighted by atomic mass is 35.5. The van der Waals surface area contributed by atoms with E-state index in [1.54, 1.807) is 30.5 Å². The number of hydrogen-bond donors (Lipinski definition) is 2. The number of rotatable bonds is 8. The second kappa shape index (κ2) is 11.1. The summed E-state index contributed by atoms with van der Waals surface area (Å²) in [4.78, 5) is 30.3. The highest BCUT2D eigenvalue weighted by molar-refractivity contribution is 6.34. The monoisotopic (exact) mass is 508 g/mol. The van der Waals surface area contributed by atoms with Crippen LogP contribution in [0.3, 0.4) is 0 Å². The lowest BCUT2D eigenvalue weighted by Gasteiger charge is -2.12. The minimum absolute atomic E-state index is 0.162.